The number of halogens is 2. The quantitative estimate of drug-likeness (QED) is 0.878. The molecule has 1 aliphatic heterocycles. The zero-order chi connectivity index (χ0) is 12.4. The van der Waals surface area contributed by atoms with Gasteiger partial charge in [-0.05, 0) is 26.3 Å². The van der Waals surface area contributed by atoms with Crippen molar-refractivity contribution in [1.82, 2.24) is 5.32 Å². The molecule has 0 bridgehead atoms. The van der Waals surface area contributed by atoms with Crippen LogP contribution in [0.25, 0.3) is 0 Å². The molecular formula is C13H17F2NO. The number of nitrogens with one attached hydrogen (secondary N) is 1. The van der Waals surface area contributed by atoms with E-state index in [1.165, 1.54) is 12.1 Å². The topological polar surface area (TPSA) is 21.3 Å². The van der Waals surface area contributed by atoms with Crippen LogP contribution in [0.3, 0.4) is 0 Å². The normalized spacial score (nSPS) is 26.1. The molecule has 1 heterocycles. The molecule has 2 rings (SSSR count). The summed E-state index contributed by atoms with van der Waals surface area (Å²) in [7, 11) is 0. The fourth-order valence-corrected chi connectivity index (χ4v) is 2.21. The third-order valence-corrected chi connectivity index (χ3v) is 3.27. The lowest BCUT2D eigenvalue weighted by Crippen LogP contribution is -2.36. The largest absolute Gasteiger partial charge is 0.377 e. The van der Waals surface area contributed by atoms with Crippen molar-refractivity contribution in [2.24, 2.45) is 0 Å². The summed E-state index contributed by atoms with van der Waals surface area (Å²) in [4.78, 5) is 0. The molecule has 0 spiro atoms. The van der Waals surface area contributed by atoms with Crippen molar-refractivity contribution in [3.63, 3.8) is 0 Å². The second-order valence-corrected chi connectivity index (χ2v) is 4.53. The first-order chi connectivity index (χ1) is 8.08. The third kappa shape index (κ3) is 2.82. The summed E-state index contributed by atoms with van der Waals surface area (Å²) >= 11 is 0. The summed E-state index contributed by atoms with van der Waals surface area (Å²) < 4.78 is 31.8. The van der Waals surface area contributed by atoms with E-state index in [4.69, 9.17) is 4.74 Å². The Morgan fingerprint density at radius 1 is 1.41 bits per heavy atom. The van der Waals surface area contributed by atoms with Crippen molar-refractivity contribution in [2.75, 3.05) is 6.61 Å². The molecule has 2 nitrogen and oxygen atoms in total. The molecule has 1 aromatic rings. The smallest absolute Gasteiger partial charge is 0.130 e. The third-order valence-electron chi connectivity index (χ3n) is 3.27. The minimum atomic E-state index is -0.545. The van der Waals surface area contributed by atoms with Gasteiger partial charge in [0.05, 0.1) is 6.10 Å². The lowest BCUT2D eigenvalue weighted by molar-refractivity contribution is 0.111. The van der Waals surface area contributed by atoms with E-state index in [9.17, 15) is 8.78 Å². The average molecular weight is 241 g/mol. The molecule has 0 radical (unpaired) electrons. The molecule has 3 unspecified atom stereocenters. The van der Waals surface area contributed by atoms with Crippen LogP contribution in [0.1, 0.15) is 31.9 Å². The maximum Gasteiger partial charge on any atom is 0.130 e. The Bertz CT molecular complexity index is 397. The molecular weight excluding hydrogens is 224 g/mol. The van der Waals surface area contributed by atoms with E-state index in [2.05, 4.69) is 5.32 Å². The van der Waals surface area contributed by atoms with Gasteiger partial charge in [0.1, 0.15) is 11.6 Å². The molecule has 17 heavy (non-hydrogen) atoms. The van der Waals surface area contributed by atoms with Crippen LogP contribution in [0.15, 0.2) is 18.2 Å². The number of hydrogen-bond donors (Lipinski definition) is 1. The lowest BCUT2D eigenvalue weighted by atomic mass is 10.0. The SMILES string of the molecule is CC(NC1CCOC1C)c1ccc(F)cc1F. The van der Waals surface area contributed by atoms with E-state index in [0.29, 0.717) is 5.56 Å². The molecule has 0 aliphatic carbocycles. The Kier molecular flexibility index (Phi) is 3.74. The molecule has 4 heteroatoms. The van der Waals surface area contributed by atoms with Gasteiger partial charge in [-0.15, -0.1) is 0 Å². The van der Waals surface area contributed by atoms with Gasteiger partial charge in [0.15, 0.2) is 0 Å². The van der Waals surface area contributed by atoms with Crippen LogP contribution in [0.2, 0.25) is 0 Å². The zero-order valence-corrected chi connectivity index (χ0v) is 10.0. The first-order valence-corrected chi connectivity index (χ1v) is 5.90. The highest BCUT2D eigenvalue weighted by Crippen LogP contribution is 2.21. The fourth-order valence-electron chi connectivity index (χ4n) is 2.21. The maximum atomic E-state index is 13.6. The first-order valence-electron chi connectivity index (χ1n) is 5.90. The summed E-state index contributed by atoms with van der Waals surface area (Å²) in [5.41, 5.74) is 0.491. The molecule has 94 valence electrons. The zero-order valence-electron chi connectivity index (χ0n) is 10.0. The predicted molar refractivity (Wildman–Crippen MR) is 61.7 cm³/mol. The molecule has 0 saturated carbocycles. The van der Waals surface area contributed by atoms with Gasteiger partial charge >= 0.3 is 0 Å². The van der Waals surface area contributed by atoms with E-state index in [1.807, 2.05) is 13.8 Å². The highest BCUT2D eigenvalue weighted by Gasteiger charge is 2.26. The molecule has 3 atom stereocenters. The van der Waals surface area contributed by atoms with Gasteiger partial charge in [-0.1, -0.05) is 6.07 Å². The van der Waals surface area contributed by atoms with Crippen LogP contribution in [-0.4, -0.2) is 18.8 Å². The summed E-state index contributed by atoms with van der Waals surface area (Å²) in [5.74, 6) is -1.05. The Hall–Kier alpha value is -1.00. The average Bonchev–Trinajstić information content (AvgIpc) is 2.64. The predicted octanol–water partition coefficient (Wildman–Crippen LogP) is 2.79. The van der Waals surface area contributed by atoms with Gasteiger partial charge < -0.3 is 10.1 Å². The monoisotopic (exact) mass is 241 g/mol. The Labute approximate surface area is 100.0 Å². The van der Waals surface area contributed by atoms with Crippen LogP contribution in [0.5, 0.6) is 0 Å². The molecule has 1 fully saturated rings. The molecule has 1 aromatic carbocycles. The Morgan fingerprint density at radius 3 is 2.76 bits per heavy atom. The molecule has 1 aliphatic rings. The number of ether oxygens (including phenoxy) is 1. The first kappa shape index (κ1) is 12.5. The van der Waals surface area contributed by atoms with Crippen LogP contribution >= 0.6 is 0 Å². The van der Waals surface area contributed by atoms with Gasteiger partial charge in [-0.2, -0.15) is 0 Å². The van der Waals surface area contributed by atoms with E-state index < -0.39 is 11.6 Å². The van der Waals surface area contributed by atoms with Gasteiger partial charge in [0.2, 0.25) is 0 Å². The standard InChI is InChI=1S/C13H17F2NO/c1-8(16-13-5-6-17-9(13)2)11-4-3-10(14)7-12(11)15/h3-4,7-9,13,16H,5-6H2,1-2H3. The van der Waals surface area contributed by atoms with Gasteiger partial charge in [-0.25, -0.2) is 8.78 Å². The Balaban J connectivity index is 2.06. The number of hydrogen-bond acceptors (Lipinski definition) is 2. The highest BCUT2D eigenvalue weighted by molar-refractivity contribution is 5.21. The summed E-state index contributed by atoms with van der Waals surface area (Å²) in [6, 6.07) is 3.77. The van der Waals surface area contributed by atoms with Crippen LogP contribution in [0.4, 0.5) is 8.78 Å². The van der Waals surface area contributed by atoms with Crippen molar-refractivity contribution < 1.29 is 13.5 Å². The molecule has 1 N–H and O–H groups in total. The minimum Gasteiger partial charge on any atom is -0.377 e. The number of benzene rings is 1. The van der Waals surface area contributed by atoms with E-state index in [-0.39, 0.29) is 18.2 Å². The van der Waals surface area contributed by atoms with Crippen LogP contribution in [-0.2, 0) is 4.74 Å². The van der Waals surface area contributed by atoms with Gasteiger partial charge in [0, 0.05) is 30.3 Å². The summed E-state index contributed by atoms with van der Waals surface area (Å²) in [6.45, 7) is 4.61. The molecule has 0 aromatic heterocycles. The van der Waals surface area contributed by atoms with Crippen molar-refractivity contribution in [3.05, 3.63) is 35.4 Å². The summed E-state index contributed by atoms with van der Waals surface area (Å²) in [6.07, 6.45) is 1.06. The minimum absolute atomic E-state index is 0.140. The van der Waals surface area contributed by atoms with Gasteiger partial charge in [0.25, 0.3) is 0 Å². The van der Waals surface area contributed by atoms with E-state index in [1.54, 1.807) is 0 Å². The van der Waals surface area contributed by atoms with Crippen molar-refractivity contribution >= 4 is 0 Å². The fraction of sp³-hybridized carbons (Fsp3) is 0.538. The van der Waals surface area contributed by atoms with E-state index in [0.717, 1.165) is 19.1 Å². The summed E-state index contributed by atoms with van der Waals surface area (Å²) in [5, 5.41) is 3.32. The van der Waals surface area contributed by atoms with Crippen molar-refractivity contribution in [2.45, 2.75) is 38.5 Å². The highest BCUT2D eigenvalue weighted by atomic mass is 19.1. The van der Waals surface area contributed by atoms with Crippen LogP contribution in [0, 0.1) is 11.6 Å². The molecule has 0 amide bonds. The van der Waals surface area contributed by atoms with Crippen LogP contribution < -0.4 is 5.32 Å². The number of rotatable bonds is 3. The maximum absolute atomic E-state index is 13.6. The second kappa shape index (κ2) is 5.10. The van der Waals surface area contributed by atoms with E-state index >= 15 is 0 Å². The van der Waals surface area contributed by atoms with Gasteiger partial charge in [-0.3, -0.25) is 0 Å². The van der Waals surface area contributed by atoms with Crippen molar-refractivity contribution in [1.29, 1.82) is 0 Å². The Morgan fingerprint density at radius 2 is 2.18 bits per heavy atom. The lowest BCUT2D eigenvalue weighted by Gasteiger charge is -2.22. The molecule has 1 saturated heterocycles. The second-order valence-electron chi connectivity index (χ2n) is 4.53. The van der Waals surface area contributed by atoms with Crippen molar-refractivity contribution in [3.8, 4) is 0 Å².